The maximum Gasteiger partial charge on any atom is 0.258 e. The number of alkyl halides is 2. The lowest BCUT2D eigenvalue weighted by atomic mass is 9.56. The summed E-state index contributed by atoms with van der Waals surface area (Å²) in [5.74, 6) is -6.26. The van der Waals surface area contributed by atoms with Crippen molar-refractivity contribution in [2.75, 3.05) is 25.1 Å². The van der Waals surface area contributed by atoms with E-state index >= 15 is 0 Å². The lowest BCUT2D eigenvalue weighted by Gasteiger charge is -2.51. The van der Waals surface area contributed by atoms with Crippen molar-refractivity contribution < 1.29 is 33.4 Å². The van der Waals surface area contributed by atoms with Crippen LogP contribution in [0.2, 0.25) is 0 Å². The number of carbonyl (C=O) groups is 4. The van der Waals surface area contributed by atoms with Crippen molar-refractivity contribution in [2.45, 2.75) is 53.9 Å². The number of carbonyl (C=O) groups excluding carboxylic acids is 4. The second-order valence-electron chi connectivity index (χ2n) is 14.4. The highest BCUT2D eigenvalue weighted by molar-refractivity contribution is 9.13. The molecule has 0 unspecified atom stereocenters. The first-order valence-corrected chi connectivity index (χ1v) is 19.8. The van der Waals surface area contributed by atoms with Crippen molar-refractivity contribution in [1.29, 1.82) is 0 Å². The van der Waals surface area contributed by atoms with E-state index in [1.54, 1.807) is 0 Å². The van der Waals surface area contributed by atoms with Crippen LogP contribution in [0.25, 0.3) is 0 Å². The molecule has 5 aliphatic rings. The van der Waals surface area contributed by atoms with E-state index in [1.165, 1.54) is 35.8 Å². The second kappa shape index (κ2) is 13.5. The number of halogens is 5. The van der Waals surface area contributed by atoms with Crippen molar-refractivity contribution >= 4 is 84.4 Å². The van der Waals surface area contributed by atoms with Gasteiger partial charge in [-0.2, -0.15) is 0 Å². The third-order valence-corrected chi connectivity index (χ3v) is 15.4. The summed E-state index contributed by atoms with van der Waals surface area (Å²) in [4.78, 5) is 58.6. The van der Waals surface area contributed by atoms with Gasteiger partial charge < -0.3 is 9.84 Å². The number of piperidine rings is 1. The third kappa shape index (κ3) is 5.44. The maximum absolute atomic E-state index is 14.7. The van der Waals surface area contributed by atoms with Gasteiger partial charge in [-0.15, -0.1) is 23.2 Å². The summed E-state index contributed by atoms with van der Waals surface area (Å²) in [6.45, 7) is 2.23. The fourth-order valence-corrected chi connectivity index (χ4v) is 11.2. The largest absolute Gasteiger partial charge is 0.503 e. The number of fused-ring (bicyclic) bond motifs is 4. The third-order valence-electron chi connectivity index (χ3n) is 11.8. The quantitative estimate of drug-likeness (QED) is 0.158. The van der Waals surface area contributed by atoms with Gasteiger partial charge in [-0.05, 0) is 105 Å². The first-order chi connectivity index (χ1) is 25.3. The number of phenols is 1. The molecule has 4 amide bonds. The predicted molar refractivity (Wildman–Crippen MR) is 203 cm³/mol. The molecule has 0 aromatic heterocycles. The van der Waals surface area contributed by atoms with Crippen molar-refractivity contribution in [2.24, 2.45) is 17.8 Å². The number of phenolic OH excluding ortho intramolecular Hbond substituents is 1. The molecule has 3 aliphatic heterocycles. The van der Waals surface area contributed by atoms with Gasteiger partial charge in [0.1, 0.15) is 5.82 Å². The van der Waals surface area contributed by atoms with E-state index in [9.17, 15) is 28.7 Å². The highest BCUT2D eigenvalue weighted by Gasteiger charge is 2.77. The summed E-state index contributed by atoms with van der Waals surface area (Å²) in [7, 11) is 1.37. The molecule has 2 aliphatic carbocycles. The molecule has 8 rings (SSSR count). The van der Waals surface area contributed by atoms with E-state index in [0.717, 1.165) is 36.7 Å². The Labute approximate surface area is 332 Å². The number of aromatic hydroxyl groups is 1. The molecule has 0 bridgehead atoms. The minimum atomic E-state index is -2.14. The fourth-order valence-electron chi connectivity index (χ4n) is 9.28. The van der Waals surface area contributed by atoms with E-state index in [4.69, 9.17) is 27.9 Å². The number of nitrogens with zero attached hydrogens (tertiary/aromatic N) is 3. The smallest absolute Gasteiger partial charge is 0.258 e. The van der Waals surface area contributed by atoms with E-state index in [0.29, 0.717) is 28.5 Å². The molecular formula is C39H34Br2Cl2FN3O6. The molecule has 1 saturated carbocycles. The SMILES string of the molecule is COc1cc([C@H]2C3=CC[C@@H]4C(=O)N(C5CCN(Cc6ccccc6)CC5)C(=O)[C@@H]4[C@@H]3C[C@@]3(Cl)C(=O)N(c4ccc(F)cc4)C(=O)[C@@]23Cl)c(Br)c(Br)c1O. The molecule has 4 fully saturated rings. The minimum absolute atomic E-state index is 0.0657. The number of benzene rings is 3. The first kappa shape index (κ1) is 36.7. The normalized spacial score (nSPS) is 30.3. The van der Waals surface area contributed by atoms with Crippen molar-refractivity contribution in [1.82, 2.24) is 9.80 Å². The zero-order valence-electron chi connectivity index (χ0n) is 28.4. The van der Waals surface area contributed by atoms with Crippen LogP contribution in [0.3, 0.4) is 0 Å². The number of hydrogen-bond acceptors (Lipinski definition) is 7. The summed E-state index contributed by atoms with van der Waals surface area (Å²) in [6.07, 6.45) is 3.17. The zero-order chi connectivity index (χ0) is 37.6. The van der Waals surface area contributed by atoms with Gasteiger partial charge in [0.2, 0.25) is 11.8 Å². The van der Waals surface area contributed by atoms with Crippen molar-refractivity contribution in [3.63, 3.8) is 0 Å². The van der Waals surface area contributed by atoms with Crippen LogP contribution in [0.1, 0.15) is 42.7 Å². The van der Waals surface area contributed by atoms with Crippen LogP contribution in [0.4, 0.5) is 10.1 Å². The molecule has 6 atom stereocenters. The number of anilines is 1. The predicted octanol–water partition coefficient (Wildman–Crippen LogP) is 7.29. The van der Waals surface area contributed by atoms with Crippen LogP contribution in [-0.2, 0) is 25.7 Å². The van der Waals surface area contributed by atoms with Gasteiger partial charge in [0, 0.05) is 36.1 Å². The molecule has 3 heterocycles. The number of ether oxygens (including phenoxy) is 1. The molecule has 14 heteroatoms. The Bertz CT molecular complexity index is 2080. The average molecular weight is 890 g/mol. The van der Waals surface area contributed by atoms with Crippen molar-refractivity contribution in [3.05, 3.63) is 98.2 Å². The monoisotopic (exact) mass is 887 g/mol. The van der Waals surface area contributed by atoms with E-state index in [1.807, 2.05) is 24.3 Å². The van der Waals surface area contributed by atoms with Gasteiger partial charge in [-0.3, -0.25) is 29.0 Å². The average Bonchev–Trinajstić information content (AvgIpc) is 3.50. The molecule has 53 heavy (non-hydrogen) atoms. The standard InChI is InChI=1S/C39H34Br2Cl2FN3O6/c1-53-28-17-26(31(40)32(41)33(28)48)30-24-11-12-25-29(35(50)46(34(25)49)23-13-15-45(16-14-23)19-20-5-3-2-4-6-20)27(24)18-38(42)36(51)47(37(52)39(30,38)43)22-9-7-21(44)8-10-22/h2-11,17,23,25,27,29-30,48H,12-16,18-19H2,1H3/t25-,27+,29-,30+,38+,39-/m0/s1. The topological polar surface area (TPSA) is 107 Å². The van der Waals surface area contributed by atoms with E-state index in [-0.39, 0.29) is 52.4 Å². The Morgan fingerprint density at radius 1 is 0.925 bits per heavy atom. The Balaban J connectivity index is 1.19. The van der Waals surface area contributed by atoms with Gasteiger partial charge in [0.25, 0.3) is 11.8 Å². The number of amides is 4. The lowest BCUT2D eigenvalue weighted by Crippen LogP contribution is -2.60. The van der Waals surface area contributed by atoms with Crippen LogP contribution in [0.5, 0.6) is 11.5 Å². The van der Waals surface area contributed by atoms with Gasteiger partial charge >= 0.3 is 0 Å². The summed E-state index contributed by atoms with van der Waals surface area (Å²) in [5, 5.41) is 10.8. The van der Waals surface area contributed by atoms with E-state index < -0.39 is 51.1 Å². The summed E-state index contributed by atoms with van der Waals surface area (Å²) < 4.78 is 20.0. The molecular weight excluding hydrogens is 856 g/mol. The van der Waals surface area contributed by atoms with Crippen LogP contribution >= 0.6 is 55.1 Å². The maximum atomic E-state index is 14.7. The number of methoxy groups -OCH3 is 1. The molecule has 276 valence electrons. The Hall–Kier alpha value is -3.29. The van der Waals surface area contributed by atoms with Crippen molar-refractivity contribution in [3.8, 4) is 11.5 Å². The highest BCUT2D eigenvalue weighted by Crippen LogP contribution is 2.67. The second-order valence-corrected chi connectivity index (χ2v) is 17.3. The summed E-state index contributed by atoms with van der Waals surface area (Å²) in [6, 6.07) is 16.3. The number of rotatable bonds is 6. The number of likely N-dealkylation sites (tertiary alicyclic amines) is 2. The molecule has 3 saturated heterocycles. The Kier molecular flexibility index (Phi) is 9.32. The number of imide groups is 2. The van der Waals surface area contributed by atoms with E-state index in [2.05, 4.69) is 48.9 Å². The minimum Gasteiger partial charge on any atom is -0.503 e. The molecule has 3 aromatic rings. The van der Waals surface area contributed by atoms with Gasteiger partial charge in [0.05, 0.1) is 29.1 Å². The molecule has 0 spiro atoms. The number of hydrogen-bond donors (Lipinski definition) is 1. The first-order valence-electron chi connectivity index (χ1n) is 17.4. The molecule has 0 radical (unpaired) electrons. The van der Waals surface area contributed by atoms with Crippen LogP contribution in [-0.4, -0.2) is 74.5 Å². The van der Waals surface area contributed by atoms with Gasteiger partial charge in [-0.1, -0.05) is 42.0 Å². The highest BCUT2D eigenvalue weighted by atomic mass is 79.9. The van der Waals surface area contributed by atoms with Gasteiger partial charge in [0.15, 0.2) is 21.2 Å². The Morgan fingerprint density at radius 2 is 1.60 bits per heavy atom. The number of allylic oxidation sites excluding steroid dienone is 2. The lowest BCUT2D eigenvalue weighted by molar-refractivity contribution is -0.144. The molecule has 3 aromatic carbocycles. The van der Waals surface area contributed by atoms with Crippen LogP contribution < -0.4 is 9.64 Å². The Morgan fingerprint density at radius 3 is 2.26 bits per heavy atom. The fraction of sp³-hybridized carbons (Fsp3) is 0.385. The van der Waals surface area contributed by atoms with Crippen LogP contribution in [0.15, 0.2) is 81.3 Å². The zero-order valence-corrected chi connectivity index (χ0v) is 33.1. The molecule has 9 nitrogen and oxygen atoms in total. The summed E-state index contributed by atoms with van der Waals surface area (Å²) in [5.41, 5.74) is 2.26. The molecule has 1 N–H and O–H groups in total. The van der Waals surface area contributed by atoms with Crippen LogP contribution in [0, 0.1) is 23.6 Å². The summed E-state index contributed by atoms with van der Waals surface area (Å²) >= 11 is 22.0. The van der Waals surface area contributed by atoms with Gasteiger partial charge in [-0.25, -0.2) is 9.29 Å².